The van der Waals surface area contributed by atoms with E-state index in [-0.39, 0.29) is 50.5 Å². The molecule has 53 heavy (non-hydrogen) atoms. The molecule has 0 aromatic heterocycles. The van der Waals surface area contributed by atoms with Crippen LogP contribution in [0.3, 0.4) is 0 Å². The van der Waals surface area contributed by atoms with Crippen LogP contribution in [0.1, 0.15) is 103 Å². The van der Waals surface area contributed by atoms with Gasteiger partial charge in [0.2, 0.25) is 0 Å². The summed E-state index contributed by atoms with van der Waals surface area (Å²) in [6.45, 7) is 10.1. The lowest BCUT2D eigenvalue weighted by Gasteiger charge is -2.67. The number of hydrogen-bond acceptors (Lipinski definition) is 8. The van der Waals surface area contributed by atoms with Crippen LogP contribution in [0.5, 0.6) is 0 Å². The van der Waals surface area contributed by atoms with E-state index in [4.69, 9.17) is 9.47 Å². The smallest absolute Gasteiger partial charge is 0.416 e. The molecule has 8 atom stereocenters. The molecule has 0 bridgehead atoms. The number of esters is 2. The van der Waals surface area contributed by atoms with Crippen molar-refractivity contribution in [3.05, 3.63) is 64.3 Å². The molecule has 0 aliphatic heterocycles. The topological polar surface area (TPSA) is 130 Å². The van der Waals surface area contributed by atoms with Crippen LogP contribution in [0.15, 0.2) is 47.6 Å². The maximum atomic E-state index is 13.3. The zero-order valence-electron chi connectivity index (χ0n) is 30.5. The monoisotopic (exact) mass is 756 g/mol. The molecule has 1 aromatic carbocycles. The van der Waals surface area contributed by atoms with E-state index < -0.39 is 92.5 Å². The summed E-state index contributed by atoms with van der Waals surface area (Å²) in [5.41, 5.74) is -10.7. The molecule has 3 N–H and O–H groups in total. The van der Waals surface area contributed by atoms with Gasteiger partial charge >= 0.3 is 24.3 Å². The van der Waals surface area contributed by atoms with Crippen molar-refractivity contribution >= 4 is 23.8 Å². The molecule has 4 aliphatic rings. The lowest BCUT2D eigenvalue weighted by atomic mass is 9.42. The van der Waals surface area contributed by atoms with Gasteiger partial charge in [-0.25, -0.2) is 9.59 Å². The van der Waals surface area contributed by atoms with Crippen LogP contribution in [0.4, 0.5) is 26.3 Å². The van der Waals surface area contributed by atoms with Gasteiger partial charge in [0.05, 0.1) is 16.5 Å². The van der Waals surface area contributed by atoms with E-state index >= 15 is 0 Å². The van der Waals surface area contributed by atoms with Gasteiger partial charge in [-0.3, -0.25) is 4.79 Å². The molecule has 0 unspecified atom stereocenters. The van der Waals surface area contributed by atoms with Crippen LogP contribution in [0.25, 0.3) is 6.08 Å². The molecule has 14 heteroatoms. The molecule has 1 aromatic rings. The molecule has 292 valence electrons. The third-order valence-electron chi connectivity index (χ3n) is 13.0. The minimum Gasteiger partial charge on any atom is -0.459 e. The van der Waals surface area contributed by atoms with Crippen LogP contribution in [0, 0.1) is 22.7 Å². The van der Waals surface area contributed by atoms with E-state index in [1.807, 2.05) is 20.8 Å². The van der Waals surface area contributed by atoms with E-state index in [0.29, 0.717) is 18.6 Å². The van der Waals surface area contributed by atoms with Crippen LogP contribution in [0.2, 0.25) is 0 Å². The van der Waals surface area contributed by atoms with E-state index in [1.54, 1.807) is 13.0 Å². The van der Waals surface area contributed by atoms with E-state index in [0.717, 1.165) is 23.3 Å². The van der Waals surface area contributed by atoms with Crippen molar-refractivity contribution in [2.45, 2.75) is 128 Å². The highest BCUT2D eigenvalue weighted by Gasteiger charge is 2.81. The molecule has 0 saturated heterocycles. The first-order chi connectivity index (χ1) is 24.2. The first-order valence-corrected chi connectivity index (χ1v) is 17.7. The van der Waals surface area contributed by atoms with Crippen molar-refractivity contribution in [2.75, 3.05) is 0 Å². The Morgan fingerprint density at radius 1 is 0.887 bits per heavy atom. The average molecular weight is 757 g/mol. The average Bonchev–Trinajstić information content (AvgIpc) is 3.28. The van der Waals surface area contributed by atoms with Crippen molar-refractivity contribution in [1.82, 2.24) is 0 Å². The Hall–Kier alpha value is -3.49. The number of ether oxygens (including phenoxy) is 2. The number of ketones is 1. The Morgan fingerprint density at radius 2 is 1.49 bits per heavy atom. The molecule has 0 amide bonds. The molecule has 4 aliphatic carbocycles. The van der Waals surface area contributed by atoms with Crippen molar-refractivity contribution in [2.24, 2.45) is 22.7 Å². The quantitative estimate of drug-likeness (QED) is 0.115. The van der Waals surface area contributed by atoms with E-state index in [1.165, 1.54) is 19.9 Å². The van der Waals surface area contributed by atoms with Gasteiger partial charge in [-0.1, -0.05) is 38.0 Å². The number of alkyl halides is 6. The number of benzene rings is 1. The Kier molecular flexibility index (Phi) is 10.3. The maximum absolute atomic E-state index is 13.3. The second-order valence-electron chi connectivity index (χ2n) is 16.0. The molecular weight excluding hydrogens is 710 g/mol. The molecular formula is C39H46F6O8. The number of fused-ring (bicyclic) bond motifs is 5. The van der Waals surface area contributed by atoms with Gasteiger partial charge in [0.15, 0.2) is 5.78 Å². The van der Waals surface area contributed by atoms with E-state index in [9.17, 15) is 56.0 Å². The Labute approximate surface area is 303 Å². The number of carbonyl (C=O) groups excluding carboxylic acids is 3. The number of Topliss-reactive ketones (excluding diaryl/α,β-unsaturated/α-hetero) is 1. The Bertz CT molecular complexity index is 1730. The number of allylic oxidation sites excluding steroid dienone is 1. The number of hydrogen-bond donors (Lipinski definition) is 3. The largest absolute Gasteiger partial charge is 0.459 e. The third-order valence-corrected chi connectivity index (χ3v) is 13.0. The summed E-state index contributed by atoms with van der Waals surface area (Å²) >= 11 is 0. The fraction of sp³-hybridized carbons (Fsp3) is 0.615. The van der Waals surface area contributed by atoms with Crippen LogP contribution >= 0.6 is 0 Å². The number of aliphatic hydroxyl groups is 3. The second kappa shape index (κ2) is 13.4. The normalized spacial score (nSPS) is 36.0. The van der Waals surface area contributed by atoms with Gasteiger partial charge in [-0.05, 0) is 100 Å². The van der Waals surface area contributed by atoms with Crippen molar-refractivity contribution in [1.29, 1.82) is 0 Å². The molecule has 5 rings (SSSR count). The standard InChI is InChI=1S/C39H46F6O8/c1-21(2)22(3)15-32(48)53-30-20-29-33(5)11-10-28(52-31(47)8-7-24-16-26(38(40,41)42)18-27(17-24)39(43,44)45)19-25(33)9-12-36(29,50)37(51)14-13-35(49,23(4)46)34(30,37)6/h7-9,15-18,21,28-30,49-51H,10-14,19-20H2,1-6H3/b8-7+,22-15+/t28-,29+,30+,33-,34+,35+,36-,37+/m0/s1. The van der Waals surface area contributed by atoms with Crippen LogP contribution in [-0.4, -0.2) is 62.1 Å². The highest BCUT2D eigenvalue weighted by Crippen LogP contribution is 2.71. The second-order valence-corrected chi connectivity index (χ2v) is 16.0. The van der Waals surface area contributed by atoms with Gasteiger partial charge in [-0.2, -0.15) is 26.3 Å². The van der Waals surface area contributed by atoms with Crippen molar-refractivity contribution in [3.8, 4) is 0 Å². The summed E-state index contributed by atoms with van der Waals surface area (Å²) in [6.07, 6.45) is -7.04. The van der Waals surface area contributed by atoms with Crippen molar-refractivity contribution < 1.29 is 65.5 Å². The SMILES string of the molecule is CC(=O)[C@]1(O)CC[C@@]2(O)[C@]1(C)[C@H](OC(=O)/C=C(\C)C(C)C)C[C@@H]1[C@@]3(C)CC[C@H](OC(=O)/C=C/c4cc(C(F)(F)F)cc(C(F)(F)F)c4)CC3=CC[C@]12O. The van der Waals surface area contributed by atoms with Gasteiger partial charge in [0.25, 0.3) is 0 Å². The minimum absolute atomic E-state index is 0.00760. The summed E-state index contributed by atoms with van der Waals surface area (Å²) in [5.74, 6) is -3.04. The summed E-state index contributed by atoms with van der Waals surface area (Å²) in [5, 5.41) is 37.1. The van der Waals surface area contributed by atoms with E-state index in [2.05, 4.69) is 0 Å². The summed E-state index contributed by atoms with van der Waals surface area (Å²) in [7, 11) is 0. The Morgan fingerprint density at radius 3 is 2.04 bits per heavy atom. The minimum atomic E-state index is -5.05. The summed E-state index contributed by atoms with van der Waals surface area (Å²) < 4.78 is 91.4. The zero-order valence-corrected chi connectivity index (χ0v) is 30.5. The predicted molar refractivity (Wildman–Crippen MR) is 179 cm³/mol. The van der Waals surface area contributed by atoms with Gasteiger partial charge in [-0.15, -0.1) is 0 Å². The zero-order chi connectivity index (χ0) is 39.7. The highest BCUT2D eigenvalue weighted by atomic mass is 19.4. The molecule has 0 heterocycles. The Balaban J connectivity index is 1.41. The fourth-order valence-corrected chi connectivity index (χ4v) is 9.43. The van der Waals surface area contributed by atoms with Gasteiger partial charge in [0, 0.05) is 24.5 Å². The molecule has 0 spiro atoms. The maximum Gasteiger partial charge on any atom is 0.416 e. The predicted octanol–water partition coefficient (Wildman–Crippen LogP) is 7.29. The lowest BCUT2D eigenvalue weighted by molar-refractivity contribution is -0.314. The summed E-state index contributed by atoms with van der Waals surface area (Å²) in [4.78, 5) is 39.1. The first-order valence-electron chi connectivity index (χ1n) is 17.7. The highest BCUT2D eigenvalue weighted by molar-refractivity contribution is 5.88. The molecule has 0 radical (unpaired) electrons. The number of carbonyl (C=O) groups is 3. The molecule has 3 fully saturated rings. The van der Waals surface area contributed by atoms with Gasteiger partial charge < -0.3 is 24.8 Å². The molecule has 8 nitrogen and oxygen atoms in total. The summed E-state index contributed by atoms with van der Waals surface area (Å²) in [6, 6.07) is 0.985. The van der Waals surface area contributed by atoms with Crippen molar-refractivity contribution in [3.63, 3.8) is 0 Å². The first kappa shape index (κ1) is 40.7. The van der Waals surface area contributed by atoms with Crippen LogP contribution in [-0.2, 0) is 36.2 Å². The van der Waals surface area contributed by atoms with Crippen LogP contribution < -0.4 is 0 Å². The molecule has 3 saturated carbocycles. The number of rotatable bonds is 7. The number of halogens is 6. The van der Waals surface area contributed by atoms with Gasteiger partial charge in [0.1, 0.15) is 29.0 Å². The fourth-order valence-electron chi connectivity index (χ4n) is 9.43. The lowest BCUT2D eigenvalue weighted by Crippen LogP contribution is -2.78. The third kappa shape index (κ3) is 6.66.